The van der Waals surface area contributed by atoms with Gasteiger partial charge in [0, 0.05) is 0 Å². The van der Waals surface area contributed by atoms with Crippen LogP contribution >= 0.6 is 17.0 Å². The van der Waals surface area contributed by atoms with E-state index in [1.165, 1.54) is 0 Å². The van der Waals surface area contributed by atoms with Crippen molar-refractivity contribution in [3.63, 3.8) is 0 Å². The number of hydrogen-bond donors (Lipinski definition) is 0. The van der Waals surface area contributed by atoms with Crippen molar-refractivity contribution in [3.05, 3.63) is 0 Å². The first kappa shape index (κ1) is 5.26. The molecule has 0 bridgehead atoms. The van der Waals surface area contributed by atoms with Gasteiger partial charge in [0.2, 0.25) is 0 Å². The van der Waals surface area contributed by atoms with Gasteiger partial charge in [-0.3, -0.25) is 0 Å². The van der Waals surface area contributed by atoms with Crippen molar-refractivity contribution in [2.45, 2.75) is 0 Å². The predicted octanol–water partition coefficient (Wildman–Crippen LogP) is 1.26. The molecule has 0 aliphatic rings. The van der Waals surface area contributed by atoms with Gasteiger partial charge in [0.25, 0.3) is 0 Å². The summed E-state index contributed by atoms with van der Waals surface area (Å²) in [6, 6.07) is 0. The Bertz CT molecular complexity index is 29.0. The summed E-state index contributed by atoms with van der Waals surface area (Å²) in [5.41, 5.74) is 0. The predicted molar refractivity (Wildman–Crippen MR) is 12.4 cm³/mol. The van der Waals surface area contributed by atoms with Gasteiger partial charge in [-0.05, 0) is 0 Å². The molecule has 0 aromatic rings. The van der Waals surface area contributed by atoms with Crippen LogP contribution in [0.2, 0.25) is 0 Å². The zero-order valence-electron chi connectivity index (χ0n) is 1.66. The molecule has 0 fully saturated rings. The molecule has 4 heteroatoms. The van der Waals surface area contributed by atoms with Gasteiger partial charge in [0.15, 0.2) is 0 Å². The van der Waals surface area contributed by atoms with E-state index >= 15 is 0 Å². The maximum atomic E-state index is 9.26. The van der Waals surface area contributed by atoms with Gasteiger partial charge in [-0.1, -0.05) is 0 Å². The van der Waals surface area contributed by atoms with E-state index in [0.29, 0.717) is 0 Å². The summed E-state index contributed by atoms with van der Waals surface area (Å²) in [4.78, 5) is 0. The van der Waals surface area contributed by atoms with E-state index in [1.54, 1.807) is 0 Å². The summed E-state index contributed by atoms with van der Waals surface area (Å²) in [6.45, 7) is 0. The molecule has 0 spiro atoms. The quantitative estimate of drug-likeness (QED) is 0.545. The van der Waals surface area contributed by atoms with Gasteiger partial charge in [-0.2, -0.15) is 0 Å². The molecular formula is Cl2OZr. The molecule has 0 radical (unpaired) electrons. The minimum absolute atomic E-state index is 2.85. The molecule has 0 saturated heterocycles. The third-order valence-corrected chi connectivity index (χ3v) is 0. The molecule has 0 atom stereocenters. The molecule has 0 aliphatic carbocycles. The van der Waals surface area contributed by atoms with Crippen LogP contribution in [0.1, 0.15) is 0 Å². The molecule has 0 N–H and O–H groups in total. The van der Waals surface area contributed by atoms with E-state index in [-0.39, 0.29) is 0 Å². The topological polar surface area (TPSA) is 17.1 Å². The van der Waals surface area contributed by atoms with Crippen molar-refractivity contribution >= 4 is 17.0 Å². The summed E-state index contributed by atoms with van der Waals surface area (Å²) in [5, 5.41) is 0. The molecule has 0 aromatic carbocycles. The summed E-state index contributed by atoms with van der Waals surface area (Å²) < 4.78 is 9.26. The van der Waals surface area contributed by atoms with Crippen LogP contribution in [0.25, 0.3) is 0 Å². The Morgan fingerprint density at radius 1 is 1.50 bits per heavy atom. The fourth-order valence-corrected chi connectivity index (χ4v) is 0. The van der Waals surface area contributed by atoms with E-state index in [9.17, 15) is 2.81 Å². The van der Waals surface area contributed by atoms with Gasteiger partial charge >= 0.3 is 39.2 Å². The van der Waals surface area contributed by atoms with Gasteiger partial charge < -0.3 is 0 Å². The number of rotatable bonds is 0. The van der Waals surface area contributed by atoms with E-state index in [1.807, 2.05) is 0 Å². The van der Waals surface area contributed by atoms with Gasteiger partial charge in [0.1, 0.15) is 0 Å². The maximum absolute atomic E-state index is 9.26. The van der Waals surface area contributed by atoms with Crippen molar-refractivity contribution < 1.29 is 22.2 Å². The first-order chi connectivity index (χ1) is 1.73. The SMILES string of the molecule is [O]=[Zr]([Cl])[Cl]. The summed E-state index contributed by atoms with van der Waals surface area (Å²) >= 11 is -2.85. The first-order valence-corrected chi connectivity index (χ1v) is 7.92. The van der Waals surface area contributed by atoms with Crippen molar-refractivity contribution in [2.75, 3.05) is 0 Å². The van der Waals surface area contributed by atoms with E-state index in [0.717, 1.165) is 0 Å². The molecule has 24 valence electrons. The van der Waals surface area contributed by atoms with Crippen molar-refractivity contribution in [1.29, 1.82) is 0 Å². The van der Waals surface area contributed by atoms with Crippen molar-refractivity contribution in [3.8, 4) is 0 Å². The fraction of sp³-hybridized carbons (Fsp3) is 0. The van der Waals surface area contributed by atoms with Crippen LogP contribution in [0, 0.1) is 0 Å². The normalized spacial score (nSPS) is 6.50. The molecule has 0 rings (SSSR count). The second-order valence-corrected chi connectivity index (χ2v) is 6.54. The van der Waals surface area contributed by atoms with E-state index < -0.39 is 19.4 Å². The van der Waals surface area contributed by atoms with Gasteiger partial charge in [0.05, 0.1) is 0 Å². The Morgan fingerprint density at radius 3 is 1.50 bits per heavy atom. The zero-order valence-corrected chi connectivity index (χ0v) is 5.63. The Hall–Kier alpha value is 1.26. The van der Waals surface area contributed by atoms with Crippen LogP contribution in [0.3, 0.4) is 0 Å². The van der Waals surface area contributed by atoms with Crippen molar-refractivity contribution in [2.24, 2.45) is 0 Å². The second-order valence-electron chi connectivity index (χ2n) is 0.226. The molecule has 1 nitrogen and oxygen atoms in total. The molecule has 0 saturated carbocycles. The summed E-state index contributed by atoms with van der Waals surface area (Å²) in [6.07, 6.45) is 0. The minimum atomic E-state index is -2.85. The molecule has 0 unspecified atom stereocenters. The Kier molecular flexibility index (Phi) is 3.29. The molecule has 4 heavy (non-hydrogen) atoms. The molecule has 0 heterocycles. The first-order valence-electron chi connectivity index (χ1n) is 0.582. The molecule has 0 amide bonds. The second kappa shape index (κ2) is 2.50. The third kappa shape index (κ3) is 10.5. The average Bonchev–Trinajstić information content (AvgIpc) is 0.811. The average molecular weight is 178 g/mol. The monoisotopic (exact) mass is 176 g/mol. The Labute approximate surface area is 39.1 Å². The molecule has 0 aromatic heterocycles. The molecular weight excluding hydrogens is 178 g/mol. The summed E-state index contributed by atoms with van der Waals surface area (Å²) in [5.74, 6) is 0. The van der Waals surface area contributed by atoms with Crippen LogP contribution in [0.4, 0.5) is 0 Å². The van der Waals surface area contributed by atoms with Crippen LogP contribution in [-0.4, -0.2) is 0 Å². The Balaban J connectivity index is 2.80. The Morgan fingerprint density at radius 2 is 1.50 bits per heavy atom. The van der Waals surface area contributed by atoms with Crippen LogP contribution in [0.5, 0.6) is 0 Å². The van der Waals surface area contributed by atoms with Crippen molar-refractivity contribution in [1.82, 2.24) is 0 Å². The number of halogens is 2. The van der Waals surface area contributed by atoms with E-state index in [4.69, 9.17) is 0 Å². The van der Waals surface area contributed by atoms with Gasteiger partial charge in [-0.25, -0.2) is 0 Å². The standard InChI is InChI=1S/2ClH.O.Zr/h2*1H;;/q;;;+2/p-2. The zero-order chi connectivity index (χ0) is 3.58. The fourth-order valence-electron chi connectivity index (χ4n) is 0. The van der Waals surface area contributed by atoms with Crippen LogP contribution < -0.4 is 0 Å². The number of hydrogen-bond acceptors (Lipinski definition) is 1. The van der Waals surface area contributed by atoms with Crippen LogP contribution in [0.15, 0.2) is 0 Å². The third-order valence-electron chi connectivity index (χ3n) is 0. The van der Waals surface area contributed by atoms with Crippen LogP contribution in [-0.2, 0) is 22.2 Å². The van der Waals surface area contributed by atoms with Gasteiger partial charge in [-0.15, -0.1) is 0 Å². The van der Waals surface area contributed by atoms with E-state index in [2.05, 4.69) is 17.0 Å². The summed E-state index contributed by atoms with van der Waals surface area (Å²) in [7, 11) is 9.36. The molecule has 0 aliphatic heterocycles.